The van der Waals surface area contributed by atoms with Gasteiger partial charge in [-0.05, 0) is 56.0 Å². The lowest BCUT2D eigenvalue weighted by Gasteiger charge is -2.29. The molecular weight excluding hydrogens is 371 g/mol. The molecule has 1 saturated carbocycles. The van der Waals surface area contributed by atoms with Crippen molar-refractivity contribution in [3.05, 3.63) is 59.3 Å². The standard InChI is InChI=1S/C23H29FN2O3/c1-4-16(2)23(28)26(20-10-11-20)15-22(27)25(14-21-12-5-17(3)29-21)13-18-6-8-19(24)9-7-18/h5-9,12,16,20H,4,10-11,13-15H2,1-3H3/t16-/m0/s1. The fraction of sp³-hybridized carbons (Fsp3) is 0.478. The van der Waals surface area contributed by atoms with Crippen molar-refractivity contribution in [1.82, 2.24) is 9.80 Å². The number of halogens is 1. The molecule has 0 aliphatic heterocycles. The van der Waals surface area contributed by atoms with Crippen molar-refractivity contribution in [3.63, 3.8) is 0 Å². The summed E-state index contributed by atoms with van der Waals surface area (Å²) in [5.41, 5.74) is 0.828. The van der Waals surface area contributed by atoms with Crippen molar-refractivity contribution in [2.45, 2.75) is 59.2 Å². The number of hydrogen-bond acceptors (Lipinski definition) is 3. The lowest BCUT2D eigenvalue weighted by Crippen LogP contribution is -2.45. The Hall–Kier alpha value is -2.63. The van der Waals surface area contributed by atoms with E-state index in [0.717, 1.165) is 30.6 Å². The molecule has 0 spiro atoms. The minimum atomic E-state index is -0.313. The minimum Gasteiger partial charge on any atom is -0.464 e. The Kier molecular flexibility index (Phi) is 6.72. The van der Waals surface area contributed by atoms with Gasteiger partial charge in [-0.15, -0.1) is 0 Å². The lowest BCUT2D eigenvalue weighted by atomic mass is 10.1. The molecule has 2 aromatic rings. The van der Waals surface area contributed by atoms with Crippen molar-refractivity contribution < 1.29 is 18.4 Å². The maximum atomic E-state index is 13.3. The largest absolute Gasteiger partial charge is 0.464 e. The highest BCUT2D eigenvalue weighted by molar-refractivity contribution is 5.86. The number of furan rings is 1. The zero-order valence-electron chi connectivity index (χ0n) is 17.4. The average Bonchev–Trinajstić information content (AvgIpc) is 3.47. The van der Waals surface area contributed by atoms with E-state index in [1.807, 2.05) is 32.9 Å². The van der Waals surface area contributed by atoms with Crippen LogP contribution in [-0.2, 0) is 22.7 Å². The Balaban J connectivity index is 1.76. The van der Waals surface area contributed by atoms with Crippen LogP contribution >= 0.6 is 0 Å². The summed E-state index contributed by atoms with van der Waals surface area (Å²) >= 11 is 0. The van der Waals surface area contributed by atoms with Crippen LogP contribution in [0.1, 0.15) is 50.2 Å². The van der Waals surface area contributed by atoms with Crippen molar-refractivity contribution in [2.75, 3.05) is 6.54 Å². The van der Waals surface area contributed by atoms with E-state index in [9.17, 15) is 14.0 Å². The van der Waals surface area contributed by atoms with Gasteiger partial charge in [0.2, 0.25) is 11.8 Å². The topological polar surface area (TPSA) is 53.8 Å². The van der Waals surface area contributed by atoms with Gasteiger partial charge in [-0.1, -0.05) is 26.0 Å². The number of hydrogen-bond donors (Lipinski definition) is 0. The molecule has 1 aromatic heterocycles. The predicted molar refractivity (Wildman–Crippen MR) is 108 cm³/mol. The molecule has 0 radical (unpaired) electrons. The highest BCUT2D eigenvalue weighted by atomic mass is 19.1. The highest BCUT2D eigenvalue weighted by Crippen LogP contribution is 2.29. The van der Waals surface area contributed by atoms with Crippen LogP contribution in [0, 0.1) is 18.7 Å². The van der Waals surface area contributed by atoms with Crippen LogP contribution in [0.5, 0.6) is 0 Å². The first-order valence-electron chi connectivity index (χ1n) is 10.3. The molecule has 0 bridgehead atoms. The first kappa shape index (κ1) is 21.1. The second-order valence-corrected chi connectivity index (χ2v) is 7.90. The van der Waals surface area contributed by atoms with Crippen molar-refractivity contribution in [2.24, 2.45) is 5.92 Å². The molecule has 1 atom stereocenters. The fourth-order valence-electron chi connectivity index (χ4n) is 3.28. The molecule has 156 valence electrons. The Morgan fingerprint density at radius 2 is 1.83 bits per heavy atom. The number of amides is 2. The van der Waals surface area contributed by atoms with E-state index in [1.165, 1.54) is 12.1 Å². The Morgan fingerprint density at radius 3 is 2.38 bits per heavy atom. The van der Waals surface area contributed by atoms with E-state index in [1.54, 1.807) is 21.9 Å². The van der Waals surface area contributed by atoms with Gasteiger partial charge in [0.15, 0.2) is 0 Å². The first-order chi connectivity index (χ1) is 13.9. The molecule has 1 heterocycles. The summed E-state index contributed by atoms with van der Waals surface area (Å²) in [4.78, 5) is 29.4. The third-order valence-corrected chi connectivity index (χ3v) is 5.39. The summed E-state index contributed by atoms with van der Waals surface area (Å²) in [6, 6.07) is 10.00. The maximum Gasteiger partial charge on any atom is 0.242 e. The second-order valence-electron chi connectivity index (χ2n) is 7.90. The minimum absolute atomic E-state index is 0.0407. The lowest BCUT2D eigenvalue weighted by molar-refractivity contribution is -0.144. The molecule has 5 nitrogen and oxygen atoms in total. The van der Waals surface area contributed by atoms with Gasteiger partial charge in [0.1, 0.15) is 23.9 Å². The van der Waals surface area contributed by atoms with Gasteiger partial charge in [0.25, 0.3) is 0 Å². The van der Waals surface area contributed by atoms with E-state index in [0.29, 0.717) is 18.8 Å². The van der Waals surface area contributed by atoms with Gasteiger partial charge >= 0.3 is 0 Å². The van der Waals surface area contributed by atoms with E-state index in [2.05, 4.69) is 0 Å². The molecule has 29 heavy (non-hydrogen) atoms. The predicted octanol–water partition coefficient (Wildman–Crippen LogP) is 4.29. The Labute approximate surface area is 171 Å². The molecule has 0 unspecified atom stereocenters. The van der Waals surface area contributed by atoms with Crippen LogP contribution < -0.4 is 0 Å². The zero-order chi connectivity index (χ0) is 21.0. The summed E-state index contributed by atoms with van der Waals surface area (Å²) in [5.74, 6) is 0.963. The fourth-order valence-corrected chi connectivity index (χ4v) is 3.28. The SMILES string of the molecule is CC[C@H](C)C(=O)N(CC(=O)N(Cc1ccc(F)cc1)Cc1ccc(C)o1)C1CC1. The Morgan fingerprint density at radius 1 is 1.14 bits per heavy atom. The van der Waals surface area contributed by atoms with Gasteiger partial charge in [0.05, 0.1) is 6.54 Å². The number of aryl methyl sites for hydroxylation is 1. The van der Waals surface area contributed by atoms with Crippen LogP contribution in [0.4, 0.5) is 4.39 Å². The first-order valence-corrected chi connectivity index (χ1v) is 10.3. The van der Waals surface area contributed by atoms with Crippen LogP contribution in [0.3, 0.4) is 0 Å². The van der Waals surface area contributed by atoms with Crippen LogP contribution in [0.2, 0.25) is 0 Å². The van der Waals surface area contributed by atoms with Crippen molar-refractivity contribution in [1.29, 1.82) is 0 Å². The molecule has 0 N–H and O–H groups in total. The summed E-state index contributed by atoms with van der Waals surface area (Å²) in [6.07, 6.45) is 2.65. The van der Waals surface area contributed by atoms with E-state index < -0.39 is 0 Å². The van der Waals surface area contributed by atoms with Gasteiger partial charge in [-0.2, -0.15) is 0 Å². The maximum absolute atomic E-state index is 13.3. The molecule has 3 rings (SSSR count). The van der Waals surface area contributed by atoms with Crippen LogP contribution in [-0.4, -0.2) is 34.2 Å². The molecular formula is C23H29FN2O3. The summed E-state index contributed by atoms with van der Waals surface area (Å²) in [6.45, 7) is 6.44. The third-order valence-electron chi connectivity index (χ3n) is 5.39. The number of carbonyl (C=O) groups is 2. The van der Waals surface area contributed by atoms with E-state index in [4.69, 9.17) is 4.42 Å². The van der Waals surface area contributed by atoms with E-state index >= 15 is 0 Å². The molecule has 1 aromatic carbocycles. The number of benzene rings is 1. The summed E-state index contributed by atoms with van der Waals surface area (Å²) in [7, 11) is 0. The highest BCUT2D eigenvalue weighted by Gasteiger charge is 2.36. The molecule has 1 aliphatic carbocycles. The van der Waals surface area contributed by atoms with Crippen molar-refractivity contribution >= 4 is 11.8 Å². The van der Waals surface area contributed by atoms with E-state index in [-0.39, 0.29) is 36.1 Å². The van der Waals surface area contributed by atoms with Crippen LogP contribution in [0.15, 0.2) is 40.8 Å². The molecule has 1 aliphatic rings. The Bertz CT molecular complexity index is 842. The molecule has 1 fully saturated rings. The zero-order valence-corrected chi connectivity index (χ0v) is 17.4. The molecule has 0 saturated heterocycles. The van der Waals surface area contributed by atoms with Crippen molar-refractivity contribution in [3.8, 4) is 0 Å². The summed E-state index contributed by atoms with van der Waals surface area (Å²) in [5, 5.41) is 0. The number of nitrogens with zero attached hydrogens (tertiary/aromatic N) is 2. The van der Waals surface area contributed by atoms with Gasteiger partial charge in [-0.3, -0.25) is 9.59 Å². The van der Waals surface area contributed by atoms with Gasteiger partial charge in [0, 0.05) is 18.5 Å². The smallest absolute Gasteiger partial charge is 0.242 e. The monoisotopic (exact) mass is 400 g/mol. The molecule has 2 amide bonds. The summed E-state index contributed by atoms with van der Waals surface area (Å²) < 4.78 is 18.9. The molecule has 6 heteroatoms. The number of rotatable bonds is 9. The van der Waals surface area contributed by atoms with Gasteiger partial charge < -0.3 is 14.2 Å². The average molecular weight is 400 g/mol. The third kappa shape index (κ3) is 5.68. The number of carbonyl (C=O) groups excluding carboxylic acids is 2. The normalized spacial score (nSPS) is 14.5. The second kappa shape index (κ2) is 9.25. The quantitative estimate of drug-likeness (QED) is 0.631. The van der Waals surface area contributed by atoms with Crippen LogP contribution in [0.25, 0.3) is 0 Å². The van der Waals surface area contributed by atoms with Gasteiger partial charge in [-0.25, -0.2) is 4.39 Å².